The van der Waals surface area contributed by atoms with Crippen LogP contribution in [-0.2, 0) is 4.74 Å². The lowest BCUT2D eigenvalue weighted by Crippen LogP contribution is -2.19. The molecule has 6 heteroatoms. The molecule has 3 heterocycles. The van der Waals surface area contributed by atoms with Gasteiger partial charge in [0.15, 0.2) is 6.10 Å². The van der Waals surface area contributed by atoms with Crippen molar-refractivity contribution in [3.63, 3.8) is 0 Å². The largest absolute Gasteiger partial charge is 0.439 e. The summed E-state index contributed by atoms with van der Waals surface area (Å²) in [5, 5.41) is 11.9. The normalized spacial score (nSPS) is 18.7. The van der Waals surface area contributed by atoms with Gasteiger partial charge in [0.2, 0.25) is 0 Å². The molecule has 4 rings (SSSR count). The highest BCUT2D eigenvalue weighted by atomic mass is 16.6. The van der Waals surface area contributed by atoms with Crippen molar-refractivity contribution in [3.05, 3.63) is 83.8 Å². The van der Waals surface area contributed by atoms with E-state index in [-0.39, 0.29) is 6.04 Å². The fraction of sp³-hybridized carbons (Fsp3) is 0.100. The van der Waals surface area contributed by atoms with Gasteiger partial charge in [-0.2, -0.15) is 5.26 Å². The van der Waals surface area contributed by atoms with E-state index in [1.165, 1.54) is 0 Å². The molecule has 26 heavy (non-hydrogen) atoms. The van der Waals surface area contributed by atoms with Crippen LogP contribution in [0.15, 0.2) is 67.1 Å². The number of carbonyl (C=O) groups excluding carboxylic acids is 1. The van der Waals surface area contributed by atoms with E-state index in [2.05, 4.69) is 21.4 Å². The van der Waals surface area contributed by atoms with Crippen molar-refractivity contribution < 1.29 is 9.53 Å². The van der Waals surface area contributed by atoms with Crippen LogP contribution in [0.4, 0.5) is 4.79 Å². The first kappa shape index (κ1) is 15.8. The zero-order valence-corrected chi connectivity index (χ0v) is 13.7. The van der Waals surface area contributed by atoms with Crippen molar-refractivity contribution in [1.82, 2.24) is 15.3 Å². The van der Waals surface area contributed by atoms with Crippen molar-refractivity contribution >= 4 is 6.09 Å². The number of hydrogen-bond donors (Lipinski definition) is 1. The molecule has 1 aliphatic heterocycles. The van der Waals surface area contributed by atoms with Gasteiger partial charge < -0.3 is 10.1 Å². The summed E-state index contributed by atoms with van der Waals surface area (Å²) in [4.78, 5) is 20.3. The monoisotopic (exact) mass is 342 g/mol. The molecule has 0 aliphatic carbocycles. The Bertz CT molecular complexity index is 998. The number of carbonyl (C=O) groups is 1. The second kappa shape index (κ2) is 6.65. The smallest absolute Gasteiger partial charge is 0.408 e. The fourth-order valence-corrected chi connectivity index (χ4v) is 3.03. The predicted octanol–water partition coefficient (Wildman–Crippen LogP) is 3.54. The Labute approximate surface area is 150 Å². The molecular formula is C20H14N4O2. The SMILES string of the molecule is N#Cc1cccc(-c2cc([C@H]3NC(=O)O[C@@H]3c3cccnc3)ccn2)c1. The number of nitrogens with one attached hydrogen (secondary N) is 1. The number of benzene rings is 1. The summed E-state index contributed by atoms with van der Waals surface area (Å²) in [6.07, 6.45) is 4.13. The Morgan fingerprint density at radius 3 is 2.81 bits per heavy atom. The van der Waals surface area contributed by atoms with E-state index >= 15 is 0 Å². The summed E-state index contributed by atoms with van der Waals surface area (Å²) in [6, 6.07) is 16.5. The highest BCUT2D eigenvalue weighted by molar-refractivity contribution is 5.71. The molecule has 0 saturated carbocycles. The molecule has 1 aliphatic rings. The number of cyclic esters (lactones) is 1. The van der Waals surface area contributed by atoms with Gasteiger partial charge in [-0.3, -0.25) is 9.97 Å². The summed E-state index contributed by atoms with van der Waals surface area (Å²) < 4.78 is 5.44. The maximum absolute atomic E-state index is 11.8. The van der Waals surface area contributed by atoms with Crippen LogP contribution in [0.5, 0.6) is 0 Å². The zero-order chi connectivity index (χ0) is 17.9. The molecule has 1 fully saturated rings. The van der Waals surface area contributed by atoms with E-state index in [1.54, 1.807) is 30.7 Å². The molecule has 3 aromatic rings. The van der Waals surface area contributed by atoms with Crippen LogP contribution in [0.2, 0.25) is 0 Å². The summed E-state index contributed by atoms with van der Waals surface area (Å²) in [5.41, 5.74) is 3.83. The van der Waals surface area contributed by atoms with E-state index in [4.69, 9.17) is 10.00 Å². The van der Waals surface area contributed by atoms with Gasteiger partial charge in [-0.05, 0) is 35.9 Å². The highest BCUT2D eigenvalue weighted by Crippen LogP contribution is 2.37. The quantitative estimate of drug-likeness (QED) is 0.786. The van der Waals surface area contributed by atoms with E-state index in [0.29, 0.717) is 5.56 Å². The Hall–Kier alpha value is -3.72. The minimum absolute atomic E-state index is 0.340. The first-order valence-electron chi connectivity index (χ1n) is 8.08. The Balaban J connectivity index is 1.71. The number of hydrogen-bond acceptors (Lipinski definition) is 5. The Morgan fingerprint density at radius 1 is 1.08 bits per heavy atom. The number of rotatable bonds is 3. The molecule has 0 unspecified atom stereocenters. The fourth-order valence-electron chi connectivity index (χ4n) is 3.03. The van der Waals surface area contributed by atoms with Crippen LogP contribution in [0.25, 0.3) is 11.3 Å². The topological polar surface area (TPSA) is 87.9 Å². The van der Waals surface area contributed by atoms with Crippen molar-refractivity contribution in [2.75, 3.05) is 0 Å². The van der Waals surface area contributed by atoms with Gasteiger partial charge in [-0.25, -0.2) is 4.79 Å². The molecule has 1 saturated heterocycles. The van der Waals surface area contributed by atoms with Gasteiger partial charge in [0.25, 0.3) is 0 Å². The predicted molar refractivity (Wildman–Crippen MR) is 93.7 cm³/mol. The number of nitrogens with zero attached hydrogens (tertiary/aromatic N) is 3. The van der Waals surface area contributed by atoms with Crippen LogP contribution >= 0.6 is 0 Å². The number of amides is 1. The summed E-state index contributed by atoms with van der Waals surface area (Å²) in [6.45, 7) is 0. The summed E-state index contributed by atoms with van der Waals surface area (Å²) >= 11 is 0. The van der Waals surface area contributed by atoms with Crippen molar-refractivity contribution in [3.8, 4) is 17.3 Å². The van der Waals surface area contributed by atoms with Crippen molar-refractivity contribution in [2.45, 2.75) is 12.1 Å². The zero-order valence-electron chi connectivity index (χ0n) is 13.7. The maximum atomic E-state index is 11.8. The van der Waals surface area contributed by atoms with Crippen LogP contribution < -0.4 is 5.32 Å². The lowest BCUT2D eigenvalue weighted by Gasteiger charge is -2.17. The minimum Gasteiger partial charge on any atom is -0.439 e. The van der Waals surface area contributed by atoms with Gasteiger partial charge in [-0.15, -0.1) is 0 Å². The second-order valence-corrected chi connectivity index (χ2v) is 5.90. The van der Waals surface area contributed by atoms with Gasteiger partial charge in [0, 0.05) is 29.7 Å². The molecule has 0 radical (unpaired) electrons. The lowest BCUT2D eigenvalue weighted by atomic mass is 9.96. The van der Waals surface area contributed by atoms with Gasteiger partial charge in [-0.1, -0.05) is 18.2 Å². The van der Waals surface area contributed by atoms with E-state index in [9.17, 15) is 4.79 Å². The molecule has 1 N–H and O–H groups in total. The molecule has 2 atom stereocenters. The molecule has 2 aromatic heterocycles. The second-order valence-electron chi connectivity index (χ2n) is 5.90. The molecule has 0 bridgehead atoms. The molecule has 1 amide bonds. The number of aromatic nitrogens is 2. The summed E-state index contributed by atoms with van der Waals surface area (Å²) in [7, 11) is 0. The third-order valence-electron chi connectivity index (χ3n) is 4.25. The van der Waals surface area contributed by atoms with Gasteiger partial charge >= 0.3 is 6.09 Å². The third-order valence-corrected chi connectivity index (χ3v) is 4.25. The first-order chi connectivity index (χ1) is 12.7. The van der Waals surface area contributed by atoms with Crippen molar-refractivity contribution in [1.29, 1.82) is 5.26 Å². The van der Waals surface area contributed by atoms with Crippen molar-refractivity contribution in [2.24, 2.45) is 0 Å². The first-order valence-corrected chi connectivity index (χ1v) is 8.08. The molecule has 126 valence electrons. The molecule has 6 nitrogen and oxygen atoms in total. The Kier molecular flexibility index (Phi) is 4.04. The molecule has 0 spiro atoms. The number of pyridine rings is 2. The van der Waals surface area contributed by atoms with Gasteiger partial charge in [0.1, 0.15) is 0 Å². The van der Waals surface area contributed by atoms with E-state index in [0.717, 1.165) is 22.4 Å². The number of nitriles is 1. The highest BCUT2D eigenvalue weighted by Gasteiger charge is 2.36. The average molecular weight is 342 g/mol. The van der Waals surface area contributed by atoms with Gasteiger partial charge in [0.05, 0.1) is 23.4 Å². The third kappa shape index (κ3) is 2.98. The maximum Gasteiger partial charge on any atom is 0.408 e. The van der Waals surface area contributed by atoms with Crippen LogP contribution in [0.1, 0.15) is 28.8 Å². The van der Waals surface area contributed by atoms with Crippen LogP contribution in [-0.4, -0.2) is 16.1 Å². The standard InChI is InChI=1S/C20H14N4O2/c21-11-13-3-1-4-14(9-13)17-10-15(6-8-23-17)18-19(26-20(25)24-18)16-5-2-7-22-12-16/h1-10,12,18-19H,(H,24,25)/t18-,19-/m1/s1. The van der Waals surface area contributed by atoms with Crippen LogP contribution in [0, 0.1) is 11.3 Å². The van der Waals surface area contributed by atoms with E-state index in [1.807, 2.05) is 36.4 Å². The lowest BCUT2D eigenvalue weighted by molar-refractivity contribution is 0.132. The molecule has 1 aromatic carbocycles. The van der Waals surface area contributed by atoms with Crippen LogP contribution in [0.3, 0.4) is 0 Å². The summed E-state index contributed by atoms with van der Waals surface area (Å²) in [5.74, 6) is 0. The average Bonchev–Trinajstić information content (AvgIpc) is 3.10. The number of alkyl carbamates (subject to hydrolysis) is 1. The molecular weight excluding hydrogens is 328 g/mol. The van der Waals surface area contributed by atoms with E-state index < -0.39 is 12.2 Å². The Morgan fingerprint density at radius 2 is 2.00 bits per heavy atom. The number of ether oxygens (including phenoxy) is 1. The minimum atomic E-state index is -0.464.